The molecule has 2 aliphatic rings. The molecule has 1 amide bonds. The third kappa shape index (κ3) is 3.82. The third-order valence-corrected chi connectivity index (χ3v) is 5.25. The molecule has 0 radical (unpaired) electrons. The molecular weight excluding hydrogens is 296 g/mol. The van der Waals surface area contributed by atoms with Crippen molar-refractivity contribution in [2.24, 2.45) is 5.41 Å². The van der Waals surface area contributed by atoms with Gasteiger partial charge in [0.05, 0.1) is 5.41 Å². The number of halogens is 1. The molecule has 1 aliphatic carbocycles. The Hall–Kier alpha value is -1.06. The van der Waals surface area contributed by atoms with Crippen LogP contribution in [0.2, 0.25) is 0 Å². The fraction of sp³-hybridized carbons (Fsp3) is 0.611. The largest absolute Gasteiger partial charge is 0.353 e. The quantitative estimate of drug-likeness (QED) is 0.897. The molecule has 1 aliphatic heterocycles. The van der Waals surface area contributed by atoms with Crippen LogP contribution in [-0.2, 0) is 4.79 Å². The van der Waals surface area contributed by atoms with Crippen molar-refractivity contribution in [2.75, 3.05) is 13.1 Å². The van der Waals surface area contributed by atoms with Crippen LogP contribution in [0.15, 0.2) is 30.3 Å². The second-order valence-electron chi connectivity index (χ2n) is 6.92. The highest BCUT2D eigenvalue weighted by molar-refractivity contribution is 5.85. The first-order valence-corrected chi connectivity index (χ1v) is 8.24. The molecule has 1 heterocycles. The molecule has 22 heavy (non-hydrogen) atoms. The molecule has 4 heteroatoms. The van der Waals surface area contributed by atoms with Crippen molar-refractivity contribution < 1.29 is 4.79 Å². The van der Waals surface area contributed by atoms with Gasteiger partial charge in [0.1, 0.15) is 0 Å². The summed E-state index contributed by atoms with van der Waals surface area (Å²) in [4.78, 5) is 12.4. The second kappa shape index (κ2) is 7.47. The van der Waals surface area contributed by atoms with Crippen LogP contribution in [-0.4, -0.2) is 25.0 Å². The van der Waals surface area contributed by atoms with Gasteiger partial charge in [0.2, 0.25) is 5.91 Å². The van der Waals surface area contributed by atoms with Crippen LogP contribution in [0, 0.1) is 5.41 Å². The Morgan fingerprint density at radius 2 is 1.86 bits per heavy atom. The molecule has 1 saturated heterocycles. The summed E-state index contributed by atoms with van der Waals surface area (Å²) in [5, 5.41) is 6.59. The van der Waals surface area contributed by atoms with E-state index in [9.17, 15) is 4.79 Å². The van der Waals surface area contributed by atoms with Crippen molar-refractivity contribution in [3.8, 4) is 0 Å². The van der Waals surface area contributed by atoms with Crippen molar-refractivity contribution in [1.29, 1.82) is 0 Å². The van der Waals surface area contributed by atoms with E-state index in [2.05, 4.69) is 47.9 Å². The molecular formula is C18H27ClN2O. The molecule has 122 valence electrons. The van der Waals surface area contributed by atoms with E-state index in [1.54, 1.807) is 0 Å². The molecule has 0 aromatic heterocycles. The lowest BCUT2D eigenvalue weighted by molar-refractivity contribution is -0.130. The van der Waals surface area contributed by atoms with Crippen LogP contribution < -0.4 is 10.6 Å². The van der Waals surface area contributed by atoms with E-state index in [1.807, 2.05) is 0 Å². The lowest BCUT2D eigenvalue weighted by atomic mass is 9.81. The Morgan fingerprint density at radius 3 is 2.45 bits per heavy atom. The number of carbonyl (C=O) groups is 1. The van der Waals surface area contributed by atoms with Gasteiger partial charge in [-0.1, -0.05) is 30.3 Å². The lowest BCUT2D eigenvalue weighted by Gasteiger charge is -2.32. The fourth-order valence-electron chi connectivity index (χ4n) is 3.67. The molecule has 2 N–H and O–H groups in total. The smallest absolute Gasteiger partial charge is 0.227 e. The molecule has 3 rings (SSSR count). The molecule has 2 fully saturated rings. The van der Waals surface area contributed by atoms with Crippen LogP contribution >= 0.6 is 12.4 Å². The number of benzene rings is 1. The van der Waals surface area contributed by atoms with Crippen LogP contribution in [0.1, 0.15) is 50.5 Å². The monoisotopic (exact) mass is 322 g/mol. The Labute approximate surface area is 139 Å². The fourth-order valence-corrected chi connectivity index (χ4v) is 3.67. The van der Waals surface area contributed by atoms with Crippen LogP contribution in [0.5, 0.6) is 0 Å². The first-order valence-electron chi connectivity index (χ1n) is 8.24. The Morgan fingerprint density at radius 1 is 1.18 bits per heavy atom. The summed E-state index contributed by atoms with van der Waals surface area (Å²) >= 11 is 0. The van der Waals surface area contributed by atoms with E-state index in [-0.39, 0.29) is 23.7 Å². The summed E-state index contributed by atoms with van der Waals surface area (Å²) in [6.07, 6.45) is 5.54. The Bertz CT molecular complexity index is 477. The molecule has 0 spiro atoms. The predicted molar refractivity (Wildman–Crippen MR) is 92.4 cm³/mol. The molecule has 1 atom stereocenters. The number of amides is 1. The van der Waals surface area contributed by atoms with E-state index in [4.69, 9.17) is 0 Å². The van der Waals surface area contributed by atoms with Gasteiger partial charge >= 0.3 is 0 Å². The van der Waals surface area contributed by atoms with E-state index in [1.165, 1.54) is 18.4 Å². The van der Waals surface area contributed by atoms with Crippen LogP contribution in [0.25, 0.3) is 0 Å². The zero-order valence-corrected chi connectivity index (χ0v) is 14.1. The number of carbonyl (C=O) groups excluding carboxylic acids is 1. The average Bonchev–Trinajstić information content (AvgIpc) is 2.97. The highest BCUT2D eigenvalue weighted by Gasteiger charge is 2.37. The van der Waals surface area contributed by atoms with Gasteiger partial charge in [-0.15, -0.1) is 12.4 Å². The molecule has 1 saturated carbocycles. The summed E-state index contributed by atoms with van der Waals surface area (Å²) in [6.45, 7) is 3.86. The molecule has 3 nitrogen and oxygen atoms in total. The summed E-state index contributed by atoms with van der Waals surface area (Å²) in [5.41, 5.74) is 1.25. The number of hydrogen-bond donors (Lipinski definition) is 2. The van der Waals surface area contributed by atoms with E-state index >= 15 is 0 Å². The van der Waals surface area contributed by atoms with Gasteiger partial charge in [-0.25, -0.2) is 0 Å². The molecule has 1 aromatic carbocycles. The topological polar surface area (TPSA) is 41.1 Å². The lowest BCUT2D eigenvalue weighted by Crippen LogP contribution is -2.46. The van der Waals surface area contributed by atoms with Gasteiger partial charge in [-0.05, 0) is 57.1 Å². The molecule has 0 bridgehead atoms. The highest BCUT2D eigenvalue weighted by Crippen LogP contribution is 2.33. The SMILES string of the molecule is CC1(C(=O)NC2CCC(c3ccccc3)CC2)CCNC1.Cl. The maximum atomic E-state index is 12.4. The summed E-state index contributed by atoms with van der Waals surface area (Å²) in [5.74, 6) is 0.916. The minimum Gasteiger partial charge on any atom is -0.353 e. The van der Waals surface area contributed by atoms with Crippen LogP contribution in [0.4, 0.5) is 0 Å². The Balaban J connectivity index is 0.00000176. The average molecular weight is 323 g/mol. The van der Waals surface area contributed by atoms with Crippen molar-refractivity contribution in [1.82, 2.24) is 10.6 Å². The summed E-state index contributed by atoms with van der Waals surface area (Å²) in [7, 11) is 0. The summed E-state index contributed by atoms with van der Waals surface area (Å²) in [6, 6.07) is 11.2. The maximum Gasteiger partial charge on any atom is 0.227 e. The Kier molecular flexibility index (Phi) is 5.87. The van der Waals surface area contributed by atoms with Gasteiger partial charge in [0, 0.05) is 12.6 Å². The molecule has 1 unspecified atom stereocenters. The van der Waals surface area contributed by atoms with Gasteiger partial charge in [-0.3, -0.25) is 4.79 Å². The van der Waals surface area contributed by atoms with Crippen molar-refractivity contribution in [3.05, 3.63) is 35.9 Å². The third-order valence-electron chi connectivity index (χ3n) is 5.25. The highest BCUT2D eigenvalue weighted by atomic mass is 35.5. The number of hydrogen-bond acceptors (Lipinski definition) is 2. The minimum absolute atomic E-state index is 0. The first-order chi connectivity index (χ1) is 10.2. The summed E-state index contributed by atoms with van der Waals surface area (Å²) < 4.78 is 0. The van der Waals surface area contributed by atoms with Gasteiger partial charge in [0.25, 0.3) is 0 Å². The number of rotatable bonds is 3. The van der Waals surface area contributed by atoms with Crippen molar-refractivity contribution in [3.63, 3.8) is 0 Å². The van der Waals surface area contributed by atoms with Gasteiger partial charge in [0.15, 0.2) is 0 Å². The van der Waals surface area contributed by atoms with E-state index in [0.717, 1.165) is 32.4 Å². The standard InChI is InChI=1S/C18H26N2O.ClH/c1-18(11-12-19-13-18)17(21)20-16-9-7-15(8-10-16)14-5-3-2-4-6-14;/h2-6,15-16,19H,7-13H2,1H3,(H,20,21);1H. The normalized spacial score (nSPS) is 31.3. The zero-order valence-electron chi connectivity index (χ0n) is 13.3. The minimum atomic E-state index is -0.198. The maximum absolute atomic E-state index is 12.4. The zero-order chi connectivity index (χ0) is 14.7. The molecule has 1 aromatic rings. The second-order valence-corrected chi connectivity index (χ2v) is 6.92. The van der Waals surface area contributed by atoms with Crippen LogP contribution in [0.3, 0.4) is 0 Å². The predicted octanol–water partition coefficient (Wildman–Crippen LogP) is 3.25. The van der Waals surface area contributed by atoms with E-state index in [0.29, 0.717) is 12.0 Å². The van der Waals surface area contributed by atoms with Gasteiger partial charge < -0.3 is 10.6 Å². The van der Waals surface area contributed by atoms with Crippen molar-refractivity contribution in [2.45, 2.75) is 51.0 Å². The van der Waals surface area contributed by atoms with Crippen molar-refractivity contribution >= 4 is 18.3 Å². The first kappa shape index (κ1) is 17.3. The van der Waals surface area contributed by atoms with Gasteiger partial charge in [-0.2, -0.15) is 0 Å². The van der Waals surface area contributed by atoms with E-state index < -0.39 is 0 Å². The number of nitrogens with one attached hydrogen (secondary N) is 2.